The Labute approximate surface area is 172 Å². The molecule has 0 spiro atoms. The Balaban J connectivity index is 1.46. The molecule has 1 fully saturated rings. The van der Waals surface area contributed by atoms with Gasteiger partial charge in [0.05, 0.1) is 23.4 Å². The molecule has 3 aliphatic heterocycles. The summed E-state index contributed by atoms with van der Waals surface area (Å²) in [6.07, 6.45) is 0.630. The standard InChI is InChI=1S/C21H23F3N2O4/c22-21(23,24)13-29-10-3-11-30-18-8-9-25-19(18)16-5-2-1-4-15(16)17-7-6-14(20(27)28)12-26(17)25/h1-2,4-5,7,12,18-19H,3,6,8-11,13H2,(H,27,28). The Morgan fingerprint density at radius 3 is 2.80 bits per heavy atom. The van der Waals surface area contributed by atoms with Gasteiger partial charge in [-0.15, -0.1) is 0 Å². The summed E-state index contributed by atoms with van der Waals surface area (Å²) in [5.41, 5.74) is 3.45. The molecule has 3 heterocycles. The van der Waals surface area contributed by atoms with E-state index < -0.39 is 18.8 Å². The van der Waals surface area contributed by atoms with Gasteiger partial charge in [-0.2, -0.15) is 13.2 Å². The highest BCUT2D eigenvalue weighted by Gasteiger charge is 2.45. The maximum atomic E-state index is 12.1. The van der Waals surface area contributed by atoms with Gasteiger partial charge in [-0.1, -0.05) is 30.3 Å². The van der Waals surface area contributed by atoms with Crippen molar-refractivity contribution >= 4 is 11.7 Å². The molecule has 0 saturated carbocycles. The molecule has 1 saturated heterocycles. The minimum Gasteiger partial charge on any atom is -0.478 e. The van der Waals surface area contributed by atoms with Gasteiger partial charge in [0, 0.05) is 37.9 Å². The first-order chi connectivity index (χ1) is 14.3. The van der Waals surface area contributed by atoms with Gasteiger partial charge in [-0.05, 0) is 18.4 Å². The smallest absolute Gasteiger partial charge is 0.411 e. The second-order valence-corrected chi connectivity index (χ2v) is 7.51. The summed E-state index contributed by atoms with van der Waals surface area (Å²) < 4.78 is 47.1. The summed E-state index contributed by atoms with van der Waals surface area (Å²) in [5, 5.41) is 13.4. The van der Waals surface area contributed by atoms with Gasteiger partial charge in [-0.25, -0.2) is 9.80 Å². The van der Waals surface area contributed by atoms with Crippen LogP contribution in [0.2, 0.25) is 0 Å². The number of hydrazine groups is 1. The van der Waals surface area contributed by atoms with E-state index in [1.807, 2.05) is 29.3 Å². The van der Waals surface area contributed by atoms with Crippen LogP contribution in [-0.2, 0) is 14.3 Å². The first kappa shape index (κ1) is 20.9. The number of carboxylic acids is 1. The number of halogens is 3. The summed E-state index contributed by atoms with van der Waals surface area (Å²) in [5.74, 6) is -0.938. The number of benzene rings is 1. The van der Waals surface area contributed by atoms with Crippen molar-refractivity contribution in [2.45, 2.75) is 37.6 Å². The van der Waals surface area contributed by atoms with Crippen molar-refractivity contribution in [3.8, 4) is 0 Å². The summed E-state index contributed by atoms with van der Waals surface area (Å²) >= 11 is 0. The van der Waals surface area contributed by atoms with Crippen LogP contribution >= 0.6 is 0 Å². The molecule has 0 amide bonds. The van der Waals surface area contributed by atoms with Gasteiger partial charge < -0.3 is 14.6 Å². The number of alkyl halides is 3. The fourth-order valence-electron chi connectivity index (χ4n) is 4.26. The van der Waals surface area contributed by atoms with Crippen LogP contribution in [0.4, 0.5) is 13.2 Å². The van der Waals surface area contributed by atoms with Crippen molar-refractivity contribution in [3.05, 3.63) is 53.2 Å². The Bertz CT molecular complexity index is 868. The zero-order valence-corrected chi connectivity index (χ0v) is 16.3. The Morgan fingerprint density at radius 1 is 1.23 bits per heavy atom. The predicted molar refractivity (Wildman–Crippen MR) is 102 cm³/mol. The highest BCUT2D eigenvalue weighted by atomic mass is 19.4. The molecule has 162 valence electrons. The molecule has 2 unspecified atom stereocenters. The van der Waals surface area contributed by atoms with E-state index in [1.54, 1.807) is 6.20 Å². The van der Waals surface area contributed by atoms with Crippen LogP contribution in [0.3, 0.4) is 0 Å². The molecule has 6 nitrogen and oxygen atoms in total. The molecule has 4 rings (SSSR count). The largest absolute Gasteiger partial charge is 0.478 e. The molecular weight excluding hydrogens is 401 g/mol. The van der Waals surface area contributed by atoms with Gasteiger partial charge in [0.25, 0.3) is 0 Å². The minimum absolute atomic E-state index is 0.0130. The maximum Gasteiger partial charge on any atom is 0.411 e. The highest BCUT2D eigenvalue weighted by molar-refractivity contribution is 5.88. The van der Waals surface area contributed by atoms with Crippen molar-refractivity contribution in [3.63, 3.8) is 0 Å². The molecule has 0 aromatic heterocycles. The predicted octanol–water partition coefficient (Wildman–Crippen LogP) is 3.73. The summed E-state index contributed by atoms with van der Waals surface area (Å²) in [6, 6.07) is 7.90. The lowest BCUT2D eigenvalue weighted by molar-refractivity contribution is -0.174. The molecule has 9 heteroatoms. The summed E-state index contributed by atoms with van der Waals surface area (Å²) in [4.78, 5) is 11.5. The van der Waals surface area contributed by atoms with Crippen LogP contribution in [-0.4, -0.2) is 59.7 Å². The Morgan fingerprint density at radius 2 is 2.03 bits per heavy atom. The lowest BCUT2D eigenvalue weighted by Gasteiger charge is -2.45. The molecule has 1 N–H and O–H groups in total. The molecule has 1 aromatic carbocycles. The lowest BCUT2D eigenvalue weighted by atomic mass is 9.91. The molecule has 2 atom stereocenters. The number of allylic oxidation sites excluding steroid dienone is 1. The fraction of sp³-hybridized carbons (Fsp3) is 0.476. The third-order valence-electron chi connectivity index (χ3n) is 5.49. The van der Waals surface area contributed by atoms with Crippen molar-refractivity contribution < 1.29 is 32.5 Å². The van der Waals surface area contributed by atoms with E-state index in [9.17, 15) is 23.1 Å². The average Bonchev–Trinajstić information content (AvgIpc) is 3.14. The normalized spacial score (nSPS) is 23.4. The van der Waals surface area contributed by atoms with Crippen LogP contribution in [0, 0.1) is 0 Å². The van der Waals surface area contributed by atoms with Crippen molar-refractivity contribution in [2.24, 2.45) is 0 Å². The molecular formula is C21H23F3N2O4. The van der Waals surface area contributed by atoms with E-state index in [1.165, 1.54) is 0 Å². The lowest BCUT2D eigenvalue weighted by Crippen LogP contribution is -2.44. The van der Waals surface area contributed by atoms with Crippen LogP contribution < -0.4 is 0 Å². The SMILES string of the molecule is O=C(O)C1=CN2C(=CC1)c1ccccc1C1C(OCCCOCC(F)(F)F)CCN12. The number of hydrogen-bond acceptors (Lipinski definition) is 5. The van der Waals surface area contributed by atoms with Gasteiger partial charge in [0.1, 0.15) is 6.61 Å². The second-order valence-electron chi connectivity index (χ2n) is 7.51. The average molecular weight is 424 g/mol. The number of hydrogen-bond donors (Lipinski definition) is 1. The van der Waals surface area contributed by atoms with E-state index in [-0.39, 0.29) is 18.8 Å². The minimum atomic E-state index is -4.32. The molecule has 3 aliphatic rings. The molecule has 0 radical (unpaired) electrons. The van der Waals surface area contributed by atoms with Crippen LogP contribution in [0.5, 0.6) is 0 Å². The third-order valence-corrected chi connectivity index (χ3v) is 5.49. The third kappa shape index (κ3) is 4.23. The zero-order valence-electron chi connectivity index (χ0n) is 16.3. The van der Waals surface area contributed by atoms with E-state index in [0.29, 0.717) is 31.6 Å². The van der Waals surface area contributed by atoms with Crippen LogP contribution in [0.15, 0.2) is 42.1 Å². The second kappa shape index (κ2) is 8.41. The number of nitrogens with zero attached hydrogens (tertiary/aromatic N) is 2. The number of carboxylic acid groups (broad SMARTS) is 1. The highest BCUT2D eigenvalue weighted by Crippen LogP contribution is 2.47. The number of rotatable bonds is 7. The zero-order chi connectivity index (χ0) is 21.3. The maximum absolute atomic E-state index is 12.1. The number of aliphatic carboxylic acids is 1. The van der Waals surface area contributed by atoms with Crippen LogP contribution in [0.25, 0.3) is 5.70 Å². The van der Waals surface area contributed by atoms with Crippen molar-refractivity contribution in [1.82, 2.24) is 10.0 Å². The molecule has 0 bridgehead atoms. The van der Waals surface area contributed by atoms with Crippen LogP contribution in [0.1, 0.15) is 36.4 Å². The number of carbonyl (C=O) groups is 1. The molecule has 0 aliphatic carbocycles. The molecule has 1 aromatic rings. The first-order valence-electron chi connectivity index (χ1n) is 9.90. The van der Waals surface area contributed by atoms with Gasteiger partial charge in [0.2, 0.25) is 0 Å². The number of fused-ring (bicyclic) bond motifs is 6. The van der Waals surface area contributed by atoms with E-state index in [2.05, 4.69) is 15.8 Å². The van der Waals surface area contributed by atoms with Gasteiger partial charge in [0.15, 0.2) is 0 Å². The topological polar surface area (TPSA) is 62.2 Å². The monoisotopic (exact) mass is 424 g/mol. The van der Waals surface area contributed by atoms with Gasteiger partial charge in [-0.3, -0.25) is 5.01 Å². The van der Waals surface area contributed by atoms with E-state index in [4.69, 9.17) is 4.74 Å². The van der Waals surface area contributed by atoms with E-state index in [0.717, 1.165) is 23.2 Å². The van der Waals surface area contributed by atoms with Crippen molar-refractivity contribution in [2.75, 3.05) is 26.4 Å². The summed E-state index contributed by atoms with van der Waals surface area (Å²) in [6.45, 7) is -0.271. The van der Waals surface area contributed by atoms with Crippen molar-refractivity contribution in [1.29, 1.82) is 0 Å². The molecule has 30 heavy (non-hydrogen) atoms. The quantitative estimate of drug-likeness (QED) is 0.673. The van der Waals surface area contributed by atoms with Gasteiger partial charge >= 0.3 is 12.1 Å². The first-order valence-corrected chi connectivity index (χ1v) is 9.90. The Kier molecular flexibility index (Phi) is 5.86. The summed E-state index contributed by atoms with van der Waals surface area (Å²) in [7, 11) is 0. The van der Waals surface area contributed by atoms with E-state index >= 15 is 0 Å². The number of ether oxygens (including phenoxy) is 2. The fourth-order valence-corrected chi connectivity index (χ4v) is 4.26. The Hall–Kier alpha value is -2.36.